The lowest BCUT2D eigenvalue weighted by atomic mass is 10.0. The molecule has 5 heteroatoms. The first-order valence-corrected chi connectivity index (χ1v) is 5.83. The fourth-order valence-electron chi connectivity index (χ4n) is 1.46. The standard InChI is InChI=1S/C11H9ClFNOS/c12-6-3-4-7(13)11(15)9(6)10(14)8-2-1-5-16-8/h1-5,10,15H,14H2/t10-/m0/s1. The van der Waals surface area contributed by atoms with Crippen LogP contribution in [0, 0.1) is 5.82 Å². The van der Waals surface area contributed by atoms with E-state index in [-0.39, 0.29) is 10.6 Å². The average molecular weight is 258 g/mol. The maximum absolute atomic E-state index is 13.2. The number of benzene rings is 1. The molecule has 1 aromatic heterocycles. The zero-order valence-corrected chi connectivity index (χ0v) is 9.73. The van der Waals surface area contributed by atoms with E-state index in [0.717, 1.165) is 10.9 Å². The summed E-state index contributed by atoms with van der Waals surface area (Å²) in [6, 6.07) is 5.55. The molecular formula is C11H9ClFNOS. The number of nitrogens with two attached hydrogens (primary N) is 1. The van der Waals surface area contributed by atoms with Gasteiger partial charge in [0, 0.05) is 15.5 Å². The van der Waals surface area contributed by atoms with Gasteiger partial charge in [-0.15, -0.1) is 11.3 Å². The van der Waals surface area contributed by atoms with Crippen molar-refractivity contribution in [1.29, 1.82) is 0 Å². The van der Waals surface area contributed by atoms with Crippen LogP contribution >= 0.6 is 22.9 Å². The van der Waals surface area contributed by atoms with Crippen molar-refractivity contribution < 1.29 is 9.50 Å². The smallest absolute Gasteiger partial charge is 0.165 e. The molecule has 0 unspecified atom stereocenters. The van der Waals surface area contributed by atoms with Crippen LogP contribution in [-0.4, -0.2) is 5.11 Å². The van der Waals surface area contributed by atoms with E-state index in [4.69, 9.17) is 17.3 Å². The molecule has 1 heterocycles. The van der Waals surface area contributed by atoms with Crippen molar-refractivity contribution in [3.63, 3.8) is 0 Å². The third-order valence-electron chi connectivity index (χ3n) is 2.28. The maximum atomic E-state index is 13.2. The zero-order valence-electron chi connectivity index (χ0n) is 8.15. The SMILES string of the molecule is N[C@@H](c1cccs1)c1c(Cl)ccc(F)c1O. The number of phenolic OH excluding ortho intramolecular Hbond substituents is 1. The highest BCUT2D eigenvalue weighted by atomic mass is 35.5. The number of rotatable bonds is 2. The lowest BCUT2D eigenvalue weighted by molar-refractivity contribution is 0.424. The summed E-state index contributed by atoms with van der Waals surface area (Å²) < 4.78 is 13.2. The predicted octanol–water partition coefficient (Wildman–Crippen LogP) is 3.29. The molecule has 2 rings (SSSR count). The molecule has 2 aromatic rings. The second kappa shape index (κ2) is 4.41. The van der Waals surface area contributed by atoms with Gasteiger partial charge in [-0.25, -0.2) is 4.39 Å². The van der Waals surface area contributed by atoms with Crippen molar-refractivity contribution >= 4 is 22.9 Å². The van der Waals surface area contributed by atoms with Crippen molar-refractivity contribution in [2.45, 2.75) is 6.04 Å². The second-order valence-corrected chi connectivity index (χ2v) is 4.67. The normalized spacial score (nSPS) is 12.7. The van der Waals surface area contributed by atoms with Crippen LogP contribution in [0.5, 0.6) is 5.75 Å². The number of thiophene rings is 1. The fraction of sp³-hybridized carbons (Fsp3) is 0.0909. The Morgan fingerprint density at radius 2 is 2.12 bits per heavy atom. The summed E-state index contributed by atoms with van der Waals surface area (Å²) in [5.41, 5.74) is 6.16. The fourth-order valence-corrected chi connectivity index (χ4v) is 2.47. The van der Waals surface area contributed by atoms with Crippen molar-refractivity contribution in [1.82, 2.24) is 0 Å². The summed E-state index contributed by atoms with van der Waals surface area (Å²) in [5.74, 6) is -1.19. The minimum Gasteiger partial charge on any atom is -0.505 e. The van der Waals surface area contributed by atoms with Crippen molar-refractivity contribution in [3.05, 3.63) is 50.9 Å². The van der Waals surface area contributed by atoms with E-state index in [0.29, 0.717) is 0 Å². The maximum Gasteiger partial charge on any atom is 0.165 e. The molecule has 0 radical (unpaired) electrons. The van der Waals surface area contributed by atoms with Gasteiger partial charge in [-0.1, -0.05) is 17.7 Å². The summed E-state index contributed by atoms with van der Waals surface area (Å²) in [4.78, 5) is 0.822. The minimum absolute atomic E-state index is 0.226. The van der Waals surface area contributed by atoms with Gasteiger partial charge < -0.3 is 10.8 Å². The molecule has 0 bridgehead atoms. The number of phenols is 1. The van der Waals surface area contributed by atoms with E-state index >= 15 is 0 Å². The lowest BCUT2D eigenvalue weighted by Crippen LogP contribution is -2.11. The van der Waals surface area contributed by atoms with Crippen molar-refractivity contribution in [3.8, 4) is 5.75 Å². The van der Waals surface area contributed by atoms with Crippen LogP contribution in [0.4, 0.5) is 4.39 Å². The highest BCUT2D eigenvalue weighted by Crippen LogP contribution is 2.36. The van der Waals surface area contributed by atoms with Gasteiger partial charge in [-0.05, 0) is 23.6 Å². The Bertz CT molecular complexity index is 501. The highest BCUT2D eigenvalue weighted by molar-refractivity contribution is 7.10. The molecular weight excluding hydrogens is 249 g/mol. The van der Waals surface area contributed by atoms with Gasteiger partial charge in [0.2, 0.25) is 0 Å². The topological polar surface area (TPSA) is 46.2 Å². The third-order valence-corrected chi connectivity index (χ3v) is 3.56. The Morgan fingerprint density at radius 3 is 2.75 bits per heavy atom. The molecule has 84 valence electrons. The number of halogens is 2. The van der Waals surface area contributed by atoms with Gasteiger partial charge in [0.15, 0.2) is 11.6 Å². The molecule has 0 aliphatic carbocycles. The van der Waals surface area contributed by atoms with E-state index in [2.05, 4.69) is 0 Å². The first-order valence-electron chi connectivity index (χ1n) is 4.57. The van der Waals surface area contributed by atoms with Gasteiger partial charge in [0.1, 0.15) is 0 Å². The predicted molar refractivity (Wildman–Crippen MR) is 63.4 cm³/mol. The summed E-state index contributed by atoms with van der Waals surface area (Å²) in [6.07, 6.45) is 0. The molecule has 0 saturated heterocycles. The molecule has 0 saturated carbocycles. The molecule has 3 N–H and O–H groups in total. The first kappa shape index (κ1) is 11.4. The third kappa shape index (κ3) is 1.91. The molecule has 0 aliphatic heterocycles. The molecule has 0 fully saturated rings. The second-order valence-electron chi connectivity index (χ2n) is 3.28. The Hall–Kier alpha value is -1.10. The lowest BCUT2D eigenvalue weighted by Gasteiger charge is -2.14. The Morgan fingerprint density at radius 1 is 1.38 bits per heavy atom. The first-order chi connectivity index (χ1) is 7.61. The minimum atomic E-state index is -0.716. The van der Waals surface area contributed by atoms with Gasteiger partial charge >= 0.3 is 0 Å². The Kier molecular flexibility index (Phi) is 3.14. The van der Waals surface area contributed by atoms with E-state index in [1.165, 1.54) is 17.4 Å². The van der Waals surface area contributed by atoms with E-state index in [9.17, 15) is 9.50 Å². The average Bonchev–Trinajstić information content (AvgIpc) is 2.77. The molecule has 2 nitrogen and oxygen atoms in total. The molecule has 0 amide bonds. The van der Waals surface area contributed by atoms with E-state index in [1.807, 2.05) is 17.5 Å². The molecule has 0 spiro atoms. The number of aromatic hydroxyl groups is 1. The molecule has 1 atom stereocenters. The largest absolute Gasteiger partial charge is 0.505 e. The Balaban J connectivity index is 2.52. The van der Waals surface area contributed by atoms with E-state index in [1.54, 1.807) is 0 Å². The quantitative estimate of drug-likeness (QED) is 0.867. The van der Waals surface area contributed by atoms with Crippen LogP contribution < -0.4 is 5.73 Å². The van der Waals surface area contributed by atoms with Crippen molar-refractivity contribution in [2.24, 2.45) is 5.73 Å². The van der Waals surface area contributed by atoms with Crippen LogP contribution in [0.25, 0.3) is 0 Å². The van der Waals surface area contributed by atoms with Crippen LogP contribution in [0.1, 0.15) is 16.5 Å². The molecule has 16 heavy (non-hydrogen) atoms. The molecule has 1 aromatic carbocycles. The summed E-state index contributed by atoms with van der Waals surface area (Å²) >= 11 is 7.34. The monoisotopic (exact) mass is 257 g/mol. The van der Waals surface area contributed by atoms with Gasteiger partial charge in [-0.2, -0.15) is 0 Å². The molecule has 0 aliphatic rings. The summed E-state index contributed by atoms with van der Waals surface area (Å²) in [5, 5.41) is 11.7. The van der Waals surface area contributed by atoms with Crippen LogP contribution in [0.2, 0.25) is 5.02 Å². The number of hydrogen-bond acceptors (Lipinski definition) is 3. The van der Waals surface area contributed by atoms with Crippen LogP contribution in [0.3, 0.4) is 0 Å². The van der Waals surface area contributed by atoms with Gasteiger partial charge in [-0.3, -0.25) is 0 Å². The van der Waals surface area contributed by atoms with E-state index < -0.39 is 17.6 Å². The number of hydrogen-bond donors (Lipinski definition) is 2. The zero-order chi connectivity index (χ0) is 11.7. The Labute approximate surface area is 101 Å². The summed E-state index contributed by atoms with van der Waals surface area (Å²) in [7, 11) is 0. The summed E-state index contributed by atoms with van der Waals surface area (Å²) in [6.45, 7) is 0. The van der Waals surface area contributed by atoms with Gasteiger partial charge in [0.25, 0.3) is 0 Å². The van der Waals surface area contributed by atoms with Gasteiger partial charge in [0.05, 0.1) is 6.04 Å². The highest BCUT2D eigenvalue weighted by Gasteiger charge is 2.20. The van der Waals surface area contributed by atoms with Crippen molar-refractivity contribution in [2.75, 3.05) is 0 Å². The van der Waals surface area contributed by atoms with Crippen LogP contribution in [-0.2, 0) is 0 Å². The van der Waals surface area contributed by atoms with Crippen LogP contribution in [0.15, 0.2) is 29.6 Å².